The number of aromatic amines is 1. The van der Waals surface area contributed by atoms with E-state index in [1.54, 1.807) is 0 Å². The molecule has 0 amide bonds. The molecule has 1 heterocycles. The molecule has 4 aromatic rings. The zero-order valence-electron chi connectivity index (χ0n) is 11.2. The second-order valence-corrected chi connectivity index (χ2v) is 5.83. The van der Waals surface area contributed by atoms with E-state index in [9.17, 15) is 0 Å². The topological polar surface area (TPSA) is 15.8 Å². The first-order valence-corrected chi connectivity index (χ1v) is 7.36. The van der Waals surface area contributed by atoms with Crippen molar-refractivity contribution in [3.05, 3.63) is 59.7 Å². The van der Waals surface area contributed by atoms with Crippen LogP contribution in [0.3, 0.4) is 0 Å². The van der Waals surface area contributed by atoms with Gasteiger partial charge in [0.25, 0.3) is 0 Å². The molecule has 1 heteroatoms. The van der Waals surface area contributed by atoms with Gasteiger partial charge in [-0.3, -0.25) is 0 Å². The van der Waals surface area contributed by atoms with Crippen LogP contribution in [0.5, 0.6) is 0 Å². The summed E-state index contributed by atoms with van der Waals surface area (Å²) in [6.45, 7) is 0. The van der Waals surface area contributed by atoms with Gasteiger partial charge >= 0.3 is 0 Å². The van der Waals surface area contributed by atoms with Crippen molar-refractivity contribution in [2.24, 2.45) is 0 Å². The molecule has 0 saturated heterocycles. The van der Waals surface area contributed by atoms with Gasteiger partial charge in [-0.15, -0.1) is 0 Å². The normalized spacial score (nSPS) is 14.4. The van der Waals surface area contributed by atoms with Gasteiger partial charge < -0.3 is 4.98 Å². The maximum absolute atomic E-state index is 3.67. The van der Waals surface area contributed by atoms with Gasteiger partial charge in [0.05, 0.1) is 5.52 Å². The highest BCUT2D eigenvalue weighted by atomic mass is 14.7. The molecule has 0 radical (unpaired) electrons. The molecule has 1 aromatic heterocycles. The smallest absolute Gasteiger partial charge is 0.0547 e. The standard InChI is InChI=1S/C19H15N/c1-2-9-15-13(5-1)11-14-8-3-6-12-7-4-10-16-17(12)18(14)19(15)20-16/h1-2,4-5,7,9-11,20H,3,6,8H2. The summed E-state index contributed by atoms with van der Waals surface area (Å²) in [4.78, 5) is 3.67. The molecule has 20 heavy (non-hydrogen) atoms. The van der Waals surface area contributed by atoms with Crippen molar-refractivity contribution in [3.8, 4) is 0 Å². The lowest BCUT2D eigenvalue weighted by Crippen LogP contribution is -1.88. The number of aromatic nitrogens is 1. The third-order valence-corrected chi connectivity index (χ3v) is 4.68. The summed E-state index contributed by atoms with van der Waals surface area (Å²) >= 11 is 0. The summed E-state index contributed by atoms with van der Waals surface area (Å²) in [5.74, 6) is 0. The number of hydrogen-bond donors (Lipinski definition) is 1. The van der Waals surface area contributed by atoms with Gasteiger partial charge in [-0.2, -0.15) is 0 Å². The predicted octanol–water partition coefficient (Wildman–Crippen LogP) is 4.96. The van der Waals surface area contributed by atoms with Crippen molar-refractivity contribution in [1.82, 2.24) is 4.98 Å². The second-order valence-electron chi connectivity index (χ2n) is 5.83. The Morgan fingerprint density at radius 1 is 0.800 bits per heavy atom. The van der Waals surface area contributed by atoms with Crippen LogP contribution >= 0.6 is 0 Å². The quantitative estimate of drug-likeness (QED) is 0.458. The van der Waals surface area contributed by atoms with Crippen LogP contribution in [0, 0.1) is 0 Å². The first-order valence-electron chi connectivity index (χ1n) is 7.36. The molecule has 1 aliphatic carbocycles. The van der Waals surface area contributed by atoms with E-state index in [0.717, 1.165) is 0 Å². The maximum Gasteiger partial charge on any atom is 0.0547 e. The van der Waals surface area contributed by atoms with Crippen LogP contribution in [0.4, 0.5) is 0 Å². The SMILES string of the molecule is c1ccc2c(c1)cc1c3c2[nH]c2cccc(c23)CCC1. The Bertz CT molecular complexity index is 975. The van der Waals surface area contributed by atoms with Crippen LogP contribution in [0.25, 0.3) is 32.6 Å². The van der Waals surface area contributed by atoms with Gasteiger partial charge in [-0.1, -0.05) is 42.5 Å². The van der Waals surface area contributed by atoms with Crippen LogP contribution in [0.2, 0.25) is 0 Å². The maximum atomic E-state index is 3.67. The van der Waals surface area contributed by atoms with Crippen LogP contribution in [-0.2, 0) is 12.8 Å². The lowest BCUT2D eigenvalue weighted by molar-refractivity contribution is 0.836. The van der Waals surface area contributed by atoms with Crippen molar-refractivity contribution >= 4 is 32.6 Å². The predicted molar refractivity (Wildman–Crippen MR) is 85.3 cm³/mol. The number of H-pyrrole nitrogens is 1. The number of aryl methyl sites for hydroxylation is 2. The van der Waals surface area contributed by atoms with E-state index < -0.39 is 0 Å². The second kappa shape index (κ2) is 3.63. The van der Waals surface area contributed by atoms with Crippen molar-refractivity contribution in [1.29, 1.82) is 0 Å². The highest BCUT2D eigenvalue weighted by Gasteiger charge is 2.17. The highest BCUT2D eigenvalue weighted by Crippen LogP contribution is 2.38. The minimum Gasteiger partial charge on any atom is -0.354 e. The Labute approximate surface area is 117 Å². The number of fused-ring (bicyclic) bond motifs is 2. The Morgan fingerprint density at radius 3 is 2.70 bits per heavy atom. The molecule has 0 spiro atoms. The molecule has 3 aromatic carbocycles. The number of nitrogens with one attached hydrogen (secondary N) is 1. The van der Waals surface area contributed by atoms with Crippen LogP contribution in [0.1, 0.15) is 17.5 Å². The Morgan fingerprint density at radius 2 is 1.70 bits per heavy atom. The molecule has 0 saturated carbocycles. The number of hydrogen-bond acceptors (Lipinski definition) is 0. The van der Waals surface area contributed by atoms with Gasteiger partial charge in [-0.05, 0) is 41.8 Å². The first-order chi connectivity index (χ1) is 9.92. The van der Waals surface area contributed by atoms with E-state index >= 15 is 0 Å². The summed E-state index contributed by atoms with van der Waals surface area (Å²) in [7, 11) is 0. The zero-order chi connectivity index (χ0) is 13.1. The minimum atomic E-state index is 1.18. The summed E-state index contributed by atoms with van der Waals surface area (Å²) in [5.41, 5.74) is 5.62. The average molecular weight is 257 g/mol. The molecular formula is C19H15N. The zero-order valence-corrected chi connectivity index (χ0v) is 11.2. The molecule has 1 aliphatic rings. The van der Waals surface area contributed by atoms with Gasteiger partial charge in [0.1, 0.15) is 0 Å². The first kappa shape index (κ1) is 10.5. The summed E-state index contributed by atoms with van der Waals surface area (Å²) in [6, 6.07) is 17.8. The fourth-order valence-corrected chi connectivity index (χ4v) is 3.83. The van der Waals surface area contributed by atoms with Crippen LogP contribution < -0.4 is 0 Å². The van der Waals surface area contributed by atoms with Gasteiger partial charge in [0.2, 0.25) is 0 Å². The largest absolute Gasteiger partial charge is 0.354 e. The Balaban J connectivity index is 2.15. The molecule has 96 valence electrons. The van der Waals surface area contributed by atoms with E-state index in [4.69, 9.17) is 0 Å². The fourth-order valence-electron chi connectivity index (χ4n) is 3.83. The Hall–Kier alpha value is -2.28. The van der Waals surface area contributed by atoms with Crippen molar-refractivity contribution in [2.75, 3.05) is 0 Å². The lowest BCUT2D eigenvalue weighted by atomic mass is 9.99. The average Bonchev–Trinajstić information content (AvgIpc) is 2.77. The van der Waals surface area contributed by atoms with E-state index in [2.05, 4.69) is 53.5 Å². The van der Waals surface area contributed by atoms with Gasteiger partial charge in [-0.25, -0.2) is 0 Å². The minimum absolute atomic E-state index is 1.18. The fraction of sp³-hybridized carbons (Fsp3) is 0.158. The summed E-state index contributed by atoms with van der Waals surface area (Å²) in [5, 5.41) is 5.62. The van der Waals surface area contributed by atoms with Gasteiger partial charge in [0, 0.05) is 21.7 Å². The molecule has 0 atom stereocenters. The molecule has 0 aliphatic heterocycles. The third kappa shape index (κ3) is 1.23. The summed E-state index contributed by atoms with van der Waals surface area (Å²) in [6.07, 6.45) is 3.62. The summed E-state index contributed by atoms with van der Waals surface area (Å²) < 4.78 is 0. The molecule has 0 fully saturated rings. The van der Waals surface area contributed by atoms with Crippen molar-refractivity contribution in [2.45, 2.75) is 19.3 Å². The molecule has 1 nitrogen and oxygen atoms in total. The number of benzene rings is 3. The third-order valence-electron chi connectivity index (χ3n) is 4.68. The monoisotopic (exact) mass is 257 g/mol. The van der Waals surface area contributed by atoms with Crippen molar-refractivity contribution in [3.63, 3.8) is 0 Å². The molecular weight excluding hydrogens is 242 g/mol. The highest BCUT2D eigenvalue weighted by molar-refractivity contribution is 6.19. The molecule has 0 bridgehead atoms. The Kier molecular flexibility index (Phi) is 1.91. The molecule has 5 rings (SSSR count). The number of rotatable bonds is 0. The molecule has 0 unspecified atom stereocenters. The van der Waals surface area contributed by atoms with Crippen molar-refractivity contribution < 1.29 is 0 Å². The van der Waals surface area contributed by atoms with E-state index in [1.165, 1.54) is 63.0 Å². The molecule has 1 N–H and O–H groups in total. The van der Waals surface area contributed by atoms with Gasteiger partial charge in [0.15, 0.2) is 0 Å². The van der Waals surface area contributed by atoms with E-state index in [0.29, 0.717) is 0 Å². The van der Waals surface area contributed by atoms with E-state index in [-0.39, 0.29) is 0 Å². The van der Waals surface area contributed by atoms with Crippen LogP contribution in [0.15, 0.2) is 48.5 Å². The van der Waals surface area contributed by atoms with E-state index in [1.807, 2.05) is 0 Å². The lowest BCUT2D eigenvalue weighted by Gasteiger charge is -2.05. The van der Waals surface area contributed by atoms with Crippen LogP contribution in [-0.4, -0.2) is 4.98 Å².